The summed E-state index contributed by atoms with van der Waals surface area (Å²) < 4.78 is 13.9. The number of halogens is 1. The van der Waals surface area contributed by atoms with Gasteiger partial charge in [-0.1, -0.05) is 23.7 Å². The molecule has 1 atom stereocenters. The average Bonchev–Trinajstić information content (AvgIpc) is 3.18. The van der Waals surface area contributed by atoms with Gasteiger partial charge in [0.2, 0.25) is 0 Å². The third-order valence-electron chi connectivity index (χ3n) is 4.61. The van der Waals surface area contributed by atoms with Crippen molar-refractivity contribution in [3.8, 4) is 28.3 Å². The van der Waals surface area contributed by atoms with Crippen LogP contribution >= 0.6 is 11.6 Å². The molecule has 7 nitrogen and oxygen atoms in total. The summed E-state index contributed by atoms with van der Waals surface area (Å²) in [4.78, 5) is 13.1. The first-order chi connectivity index (χ1) is 14.5. The number of nitrogens with zero attached hydrogens (tertiary/aromatic N) is 3. The van der Waals surface area contributed by atoms with E-state index in [-0.39, 0.29) is 12.2 Å². The molecule has 0 aliphatic rings. The zero-order chi connectivity index (χ0) is 21.3. The summed E-state index contributed by atoms with van der Waals surface area (Å²) >= 11 is 5.96. The van der Waals surface area contributed by atoms with Crippen LogP contribution in [-0.2, 0) is 0 Å². The number of aliphatic hydroxyl groups is 1. The Kier molecular flexibility index (Phi) is 5.48. The number of benzene rings is 2. The van der Waals surface area contributed by atoms with Crippen molar-refractivity contribution >= 4 is 17.1 Å². The van der Waals surface area contributed by atoms with Crippen LogP contribution in [0.3, 0.4) is 0 Å². The van der Waals surface area contributed by atoms with Gasteiger partial charge >= 0.3 is 0 Å². The van der Waals surface area contributed by atoms with Crippen LogP contribution in [0.1, 0.15) is 6.92 Å². The first kappa shape index (κ1) is 20.0. The number of hydrogen-bond acceptors (Lipinski definition) is 5. The molecule has 2 aromatic heterocycles. The number of ether oxygens (including phenoxy) is 2. The van der Waals surface area contributed by atoms with Gasteiger partial charge in [0, 0.05) is 22.8 Å². The molecule has 4 aromatic rings. The van der Waals surface area contributed by atoms with Crippen molar-refractivity contribution in [3.05, 3.63) is 76.4 Å². The zero-order valence-electron chi connectivity index (χ0n) is 16.4. The molecule has 0 bridgehead atoms. The molecule has 4 rings (SSSR count). The van der Waals surface area contributed by atoms with Gasteiger partial charge < -0.3 is 14.6 Å². The molecule has 154 valence electrons. The summed E-state index contributed by atoms with van der Waals surface area (Å²) in [7, 11) is 1.52. The van der Waals surface area contributed by atoms with Crippen molar-refractivity contribution in [2.45, 2.75) is 13.0 Å². The number of fused-ring (bicyclic) bond motifs is 1. The van der Waals surface area contributed by atoms with Crippen molar-refractivity contribution < 1.29 is 14.6 Å². The second kappa shape index (κ2) is 8.22. The first-order valence-corrected chi connectivity index (χ1v) is 9.69. The normalized spacial score (nSPS) is 12.1. The van der Waals surface area contributed by atoms with E-state index in [4.69, 9.17) is 21.1 Å². The van der Waals surface area contributed by atoms with Gasteiger partial charge in [0.05, 0.1) is 18.9 Å². The Morgan fingerprint density at radius 3 is 2.57 bits per heavy atom. The molecule has 0 saturated carbocycles. The van der Waals surface area contributed by atoms with E-state index in [1.807, 2.05) is 12.1 Å². The molecule has 0 spiro atoms. The molecule has 8 heteroatoms. The van der Waals surface area contributed by atoms with E-state index in [2.05, 4.69) is 5.10 Å². The number of rotatable bonds is 6. The van der Waals surface area contributed by atoms with Crippen LogP contribution in [0.15, 0.2) is 65.8 Å². The maximum atomic E-state index is 13.1. The van der Waals surface area contributed by atoms with Crippen LogP contribution in [0.5, 0.6) is 11.5 Å². The van der Waals surface area contributed by atoms with Crippen LogP contribution in [0.2, 0.25) is 5.02 Å². The summed E-state index contributed by atoms with van der Waals surface area (Å²) in [6.45, 7) is 1.78. The highest BCUT2D eigenvalue weighted by atomic mass is 35.5. The van der Waals surface area contributed by atoms with E-state index in [9.17, 15) is 9.90 Å². The van der Waals surface area contributed by atoms with Gasteiger partial charge in [0.15, 0.2) is 11.5 Å². The third-order valence-corrected chi connectivity index (χ3v) is 4.86. The van der Waals surface area contributed by atoms with Crippen molar-refractivity contribution in [3.63, 3.8) is 0 Å². The molecule has 0 aliphatic carbocycles. The summed E-state index contributed by atoms with van der Waals surface area (Å²) in [5.74, 6) is 0.939. The van der Waals surface area contributed by atoms with E-state index in [0.717, 1.165) is 11.1 Å². The molecule has 0 amide bonds. The fraction of sp³-hybridized carbons (Fsp3) is 0.182. The smallest absolute Gasteiger partial charge is 0.282 e. The predicted octanol–water partition coefficient (Wildman–Crippen LogP) is 3.57. The van der Waals surface area contributed by atoms with Crippen molar-refractivity contribution in [1.29, 1.82) is 0 Å². The first-order valence-electron chi connectivity index (χ1n) is 9.31. The van der Waals surface area contributed by atoms with Gasteiger partial charge in [0.1, 0.15) is 18.5 Å². The Morgan fingerprint density at radius 2 is 1.87 bits per heavy atom. The number of aromatic nitrogens is 3. The number of hydrogen-bond donors (Lipinski definition) is 1. The molecule has 0 unspecified atom stereocenters. The lowest BCUT2D eigenvalue weighted by Crippen LogP contribution is -2.21. The molecule has 0 aliphatic heterocycles. The van der Waals surface area contributed by atoms with Gasteiger partial charge in [-0.25, -0.2) is 4.52 Å². The number of aliphatic hydroxyl groups excluding tert-OH is 1. The average molecular weight is 426 g/mol. The third kappa shape index (κ3) is 3.90. The molecular formula is C22H20ClN3O4. The Labute approximate surface area is 177 Å². The molecule has 2 heterocycles. The molecule has 2 aromatic carbocycles. The molecule has 0 radical (unpaired) electrons. The summed E-state index contributed by atoms with van der Waals surface area (Å²) in [5, 5.41) is 14.4. The van der Waals surface area contributed by atoms with Crippen LogP contribution in [0, 0.1) is 0 Å². The number of methoxy groups -OCH3 is 1. The quantitative estimate of drug-likeness (QED) is 0.511. The molecule has 30 heavy (non-hydrogen) atoms. The lowest BCUT2D eigenvalue weighted by Gasteiger charge is -2.14. The van der Waals surface area contributed by atoms with Gasteiger partial charge in [-0.2, -0.15) is 5.10 Å². The highest BCUT2D eigenvalue weighted by molar-refractivity contribution is 6.30. The van der Waals surface area contributed by atoms with Crippen molar-refractivity contribution in [1.82, 2.24) is 14.2 Å². The van der Waals surface area contributed by atoms with E-state index < -0.39 is 6.10 Å². The topological polar surface area (TPSA) is 78.0 Å². The zero-order valence-corrected chi connectivity index (χ0v) is 17.2. The highest BCUT2D eigenvalue weighted by Gasteiger charge is 2.13. The summed E-state index contributed by atoms with van der Waals surface area (Å²) in [6.07, 6.45) is 2.66. The molecule has 0 saturated heterocycles. The monoisotopic (exact) mass is 425 g/mol. The summed E-state index contributed by atoms with van der Waals surface area (Å²) in [6, 6.07) is 14.3. The van der Waals surface area contributed by atoms with Gasteiger partial charge in [0.25, 0.3) is 5.56 Å². The van der Waals surface area contributed by atoms with E-state index >= 15 is 0 Å². The van der Waals surface area contributed by atoms with Crippen molar-refractivity contribution in [2.75, 3.05) is 13.7 Å². The van der Waals surface area contributed by atoms with E-state index in [1.54, 1.807) is 54.0 Å². The van der Waals surface area contributed by atoms with Crippen molar-refractivity contribution in [2.24, 2.45) is 0 Å². The Hall–Kier alpha value is -3.29. The van der Waals surface area contributed by atoms with Crippen LogP contribution < -0.4 is 15.0 Å². The fourth-order valence-corrected chi connectivity index (χ4v) is 3.24. The molecule has 1 N–H and O–H groups in total. The van der Waals surface area contributed by atoms with Gasteiger partial charge in [-0.15, -0.1) is 0 Å². The molecular weight excluding hydrogens is 406 g/mol. The minimum Gasteiger partial charge on any atom is -0.493 e. The van der Waals surface area contributed by atoms with Crippen LogP contribution in [0.25, 0.3) is 22.3 Å². The van der Waals surface area contributed by atoms with Gasteiger partial charge in [-0.05, 0) is 42.8 Å². The fourth-order valence-electron chi connectivity index (χ4n) is 3.11. The minimum absolute atomic E-state index is 0.140. The highest BCUT2D eigenvalue weighted by Crippen LogP contribution is 2.29. The Balaban J connectivity index is 1.73. The Morgan fingerprint density at radius 1 is 1.10 bits per heavy atom. The minimum atomic E-state index is -0.604. The Bertz CT molecular complexity index is 1250. The summed E-state index contributed by atoms with van der Waals surface area (Å²) in [5.41, 5.74) is 2.62. The SMILES string of the molecule is COc1cc(-n2cnn3cc(-c4ccc(Cl)cc4)cc3c2=O)ccc1OC[C@@H](C)O. The van der Waals surface area contributed by atoms with E-state index in [1.165, 1.54) is 18.0 Å². The standard InChI is InChI=1S/C22H20ClN3O4/c1-14(27)12-30-20-8-7-18(10-21(20)29-2)25-13-24-26-11-16(9-19(26)22(25)28)15-3-5-17(23)6-4-15/h3-11,13-14,27H,12H2,1-2H3/t14-/m1/s1. The lowest BCUT2D eigenvalue weighted by molar-refractivity contribution is 0.120. The maximum Gasteiger partial charge on any atom is 0.282 e. The molecule has 0 fully saturated rings. The van der Waals surface area contributed by atoms with Gasteiger partial charge in [-0.3, -0.25) is 9.36 Å². The largest absolute Gasteiger partial charge is 0.493 e. The lowest BCUT2D eigenvalue weighted by atomic mass is 10.1. The van der Waals surface area contributed by atoms with Crippen LogP contribution in [0.4, 0.5) is 0 Å². The maximum absolute atomic E-state index is 13.1. The second-order valence-electron chi connectivity index (χ2n) is 6.87. The van der Waals surface area contributed by atoms with E-state index in [0.29, 0.717) is 27.7 Å². The second-order valence-corrected chi connectivity index (χ2v) is 7.30. The predicted molar refractivity (Wildman–Crippen MR) is 115 cm³/mol. The van der Waals surface area contributed by atoms with Crippen LogP contribution in [-0.4, -0.2) is 39.1 Å².